The van der Waals surface area contributed by atoms with Crippen LogP contribution in [-0.2, 0) is 0 Å². The Hall–Kier alpha value is -2.93. The zero-order valence-corrected chi connectivity index (χ0v) is 14.6. The van der Waals surface area contributed by atoms with Crippen LogP contribution in [0.5, 0.6) is 0 Å². The van der Waals surface area contributed by atoms with Gasteiger partial charge in [-0.15, -0.1) is 0 Å². The maximum absolute atomic E-state index is 12.5. The first-order chi connectivity index (χ1) is 12.5. The number of rotatable bonds is 3. The van der Waals surface area contributed by atoms with E-state index in [2.05, 4.69) is 0 Å². The molecule has 2 aromatic rings. The summed E-state index contributed by atoms with van der Waals surface area (Å²) in [5.74, 6) is -0.378. The van der Waals surface area contributed by atoms with E-state index in [1.807, 2.05) is 0 Å². The van der Waals surface area contributed by atoms with E-state index in [1.54, 1.807) is 40.1 Å². The number of benzene rings is 2. The molecule has 1 aliphatic heterocycles. The molecular formula is C18H16ClN3O4. The zero-order valence-electron chi connectivity index (χ0n) is 13.8. The van der Waals surface area contributed by atoms with Crippen molar-refractivity contribution >= 4 is 29.1 Å². The smallest absolute Gasteiger partial charge is 0.270 e. The second kappa shape index (κ2) is 7.53. The van der Waals surface area contributed by atoms with Gasteiger partial charge in [0.25, 0.3) is 17.5 Å². The van der Waals surface area contributed by atoms with E-state index in [-0.39, 0.29) is 23.1 Å². The SMILES string of the molecule is O=C(c1ccc(Cl)cc1)N1CCN(C(=O)c2cccc([N+](=O)[O-])c2)CC1. The number of carbonyl (C=O) groups is 2. The van der Waals surface area contributed by atoms with Gasteiger partial charge >= 0.3 is 0 Å². The standard InChI is InChI=1S/C18H16ClN3O4/c19-15-6-4-13(5-7-15)17(23)20-8-10-21(11-9-20)18(24)14-2-1-3-16(12-14)22(25)26/h1-7,12H,8-11H2. The molecule has 0 aliphatic carbocycles. The van der Waals surface area contributed by atoms with Crippen LogP contribution in [-0.4, -0.2) is 52.7 Å². The van der Waals surface area contributed by atoms with Gasteiger partial charge in [0.1, 0.15) is 0 Å². The van der Waals surface area contributed by atoms with Crippen LogP contribution >= 0.6 is 11.6 Å². The number of piperazine rings is 1. The Morgan fingerprint density at radius 2 is 1.42 bits per heavy atom. The minimum atomic E-state index is -0.528. The van der Waals surface area contributed by atoms with Gasteiger partial charge in [-0.1, -0.05) is 17.7 Å². The molecule has 3 rings (SSSR count). The van der Waals surface area contributed by atoms with Crippen LogP contribution in [0.15, 0.2) is 48.5 Å². The molecule has 1 fully saturated rings. The Morgan fingerprint density at radius 3 is 1.96 bits per heavy atom. The third-order valence-corrected chi connectivity index (χ3v) is 4.50. The number of nitro benzene ring substituents is 1. The Balaban J connectivity index is 1.63. The molecule has 0 atom stereocenters. The lowest BCUT2D eigenvalue weighted by molar-refractivity contribution is -0.384. The van der Waals surface area contributed by atoms with Gasteiger partial charge < -0.3 is 9.80 Å². The highest BCUT2D eigenvalue weighted by molar-refractivity contribution is 6.30. The first-order valence-electron chi connectivity index (χ1n) is 8.04. The molecule has 8 heteroatoms. The van der Waals surface area contributed by atoms with Crippen LogP contribution in [0.25, 0.3) is 0 Å². The number of halogens is 1. The van der Waals surface area contributed by atoms with Crippen molar-refractivity contribution in [2.24, 2.45) is 0 Å². The van der Waals surface area contributed by atoms with Gasteiger partial charge in [-0.25, -0.2) is 0 Å². The van der Waals surface area contributed by atoms with Crippen LogP contribution in [0.3, 0.4) is 0 Å². The van der Waals surface area contributed by atoms with Crippen LogP contribution < -0.4 is 0 Å². The fourth-order valence-corrected chi connectivity index (χ4v) is 2.95. The fourth-order valence-electron chi connectivity index (χ4n) is 2.82. The highest BCUT2D eigenvalue weighted by Crippen LogP contribution is 2.17. The predicted molar refractivity (Wildman–Crippen MR) is 96.4 cm³/mol. The summed E-state index contributed by atoms with van der Waals surface area (Å²) < 4.78 is 0. The lowest BCUT2D eigenvalue weighted by atomic mass is 10.1. The van der Waals surface area contributed by atoms with E-state index < -0.39 is 4.92 Å². The zero-order chi connectivity index (χ0) is 18.7. The summed E-state index contributed by atoms with van der Waals surface area (Å²) >= 11 is 5.83. The van der Waals surface area contributed by atoms with Crippen molar-refractivity contribution in [2.45, 2.75) is 0 Å². The minimum Gasteiger partial charge on any atom is -0.335 e. The van der Waals surface area contributed by atoms with E-state index in [0.29, 0.717) is 36.8 Å². The molecular weight excluding hydrogens is 358 g/mol. The van der Waals surface area contributed by atoms with Gasteiger partial charge in [0.05, 0.1) is 4.92 Å². The van der Waals surface area contributed by atoms with E-state index in [1.165, 1.54) is 18.2 Å². The van der Waals surface area contributed by atoms with E-state index >= 15 is 0 Å². The summed E-state index contributed by atoms with van der Waals surface area (Å²) in [6.45, 7) is 1.56. The largest absolute Gasteiger partial charge is 0.335 e. The number of nitro groups is 1. The summed E-state index contributed by atoms with van der Waals surface area (Å²) in [5.41, 5.74) is 0.706. The lowest BCUT2D eigenvalue weighted by Crippen LogP contribution is -2.50. The summed E-state index contributed by atoms with van der Waals surface area (Å²) in [4.78, 5) is 38.6. The average Bonchev–Trinajstić information content (AvgIpc) is 2.67. The number of non-ortho nitro benzene ring substituents is 1. The highest BCUT2D eigenvalue weighted by Gasteiger charge is 2.26. The highest BCUT2D eigenvalue weighted by atomic mass is 35.5. The van der Waals surface area contributed by atoms with E-state index in [4.69, 9.17) is 11.6 Å². The molecule has 0 radical (unpaired) electrons. The minimum absolute atomic E-state index is 0.107. The summed E-state index contributed by atoms with van der Waals surface area (Å²) in [7, 11) is 0. The first kappa shape index (κ1) is 17.9. The van der Waals surface area contributed by atoms with Crippen molar-refractivity contribution in [2.75, 3.05) is 26.2 Å². The van der Waals surface area contributed by atoms with Gasteiger partial charge in [-0.3, -0.25) is 19.7 Å². The molecule has 7 nitrogen and oxygen atoms in total. The fraction of sp³-hybridized carbons (Fsp3) is 0.222. The first-order valence-corrected chi connectivity index (χ1v) is 8.42. The van der Waals surface area contributed by atoms with Gasteiger partial charge in [0.2, 0.25) is 0 Å². The Kier molecular flexibility index (Phi) is 5.18. The third-order valence-electron chi connectivity index (χ3n) is 4.25. The topological polar surface area (TPSA) is 83.8 Å². The summed E-state index contributed by atoms with van der Waals surface area (Å²) in [6.07, 6.45) is 0. The van der Waals surface area contributed by atoms with Crippen molar-refractivity contribution < 1.29 is 14.5 Å². The molecule has 0 N–H and O–H groups in total. The van der Waals surface area contributed by atoms with Crippen LogP contribution in [0.1, 0.15) is 20.7 Å². The Labute approximate surface area is 154 Å². The van der Waals surface area contributed by atoms with Crippen LogP contribution in [0.2, 0.25) is 5.02 Å². The van der Waals surface area contributed by atoms with Gasteiger partial charge in [0.15, 0.2) is 0 Å². The molecule has 0 saturated carbocycles. The molecule has 0 aromatic heterocycles. The molecule has 0 spiro atoms. The second-order valence-electron chi connectivity index (χ2n) is 5.90. The molecule has 134 valence electrons. The molecule has 0 bridgehead atoms. The van der Waals surface area contributed by atoms with Crippen molar-refractivity contribution in [1.29, 1.82) is 0 Å². The third kappa shape index (κ3) is 3.83. The average molecular weight is 374 g/mol. The Bertz CT molecular complexity index is 846. The summed E-state index contributed by atoms with van der Waals surface area (Å²) in [6, 6.07) is 12.3. The number of carbonyl (C=O) groups excluding carboxylic acids is 2. The molecule has 1 saturated heterocycles. The number of nitrogens with zero attached hydrogens (tertiary/aromatic N) is 3. The maximum Gasteiger partial charge on any atom is 0.270 e. The quantitative estimate of drug-likeness (QED) is 0.611. The maximum atomic E-state index is 12.5. The summed E-state index contributed by atoms with van der Waals surface area (Å²) in [5, 5.41) is 11.4. The number of hydrogen-bond acceptors (Lipinski definition) is 4. The van der Waals surface area contributed by atoms with Gasteiger partial charge in [0, 0.05) is 54.5 Å². The molecule has 1 heterocycles. The van der Waals surface area contributed by atoms with Crippen LogP contribution in [0, 0.1) is 10.1 Å². The van der Waals surface area contributed by atoms with Crippen molar-refractivity contribution in [3.8, 4) is 0 Å². The van der Waals surface area contributed by atoms with Crippen molar-refractivity contribution in [3.05, 3.63) is 74.8 Å². The number of amides is 2. The van der Waals surface area contributed by atoms with E-state index in [0.717, 1.165) is 0 Å². The van der Waals surface area contributed by atoms with Crippen molar-refractivity contribution in [3.63, 3.8) is 0 Å². The molecule has 2 aromatic carbocycles. The predicted octanol–water partition coefficient (Wildman–Crippen LogP) is 2.85. The number of hydrogen-bond donors (Lipinski definition) is 0. The molecule has 2 amide bonds. The second-order valence-corrected chi connectivity index (χ2v) is 6.34. The molecule has 0 unspecified atom stereocenters. The van der Waals surface area contributed by atoms with Gasteiger partial charge in [-0.05, 0) is 30.3 Å². The molecule has 1 aliphatic rings. The van der Waals surface area contributed by atoms with Gasteiger partial charge in [-0.2, -0.15) is 0 Å². The van der Waals surface area contributed by atoms with Crippen molar-refractivity contribution in [1.82, 2.24) is 9.80 Å². The normalized spacial score (nSPS) is 14.2. The van der Waals surface area contributed by atoms with E-state index in [9.17, 15) is 19.7 Å². The monoisotopic (exact) mass is 373 g/mol. The lowest BCUT2D eigenvalue weighted by Gasteiger charge is -2.34. The molecule has 26 heavy (non-hydrogen) atoms. The van der Waals surface area contributed by atoms with Crippen LogP contribution in [0.4, 0.5) is 5.69 Å². The Morgan fingerprint density at radius 1 is 0.885 bits per heavy atom.